The Labute approximate surface area is 133 Å². The maximum absolute atomic E-state index is 5.75. The minimum absolute atomic E-state index is 0.312. The number of nitrogens with zero attached hydrogens (tertiary/aromatic N) is 1. The first-order chi connectivity index (χ1) is 9.63. The molecule has 2 N–H and O–H groups in total. The highest BCUT2D eigenvalue weighted by Gasteiger charge is 2.11. The molecular formula is C13H14Br2N2O3. The van der Waals surface area contributed by atoms with Crippen LogP contribution in [0.2, 0.25) is 0 Å². The maximum Gasteiger partial charge on any atom is 0.162 e. The van der Waals surface area contributed by atoms with Gasteiger partial charge in [0, 0.05) is 19.7 Å². The molecular weight excluding hydrogens is 392 g/mol. The lowest BCUT2D eigenvalue weighted by molar-refractivity contribution is 0.155. The number of benzene rings is 1. The Morgan fingerprint density at radius 2 is 1.90 bits per heavy atom. The van der Waals surface area contributed by atoms with Crippen molar-refractivity contribution >= 4 is 31.9 Å². The molecule has 0 atom stereocenters. The molecule has 1 heterocycles. The summed E-state index contributed by atoms with van der Waals surface area (Å²) in [5, 5.41) is 3.91. The van der Waals surface area contributed by atoms with Gasteiger partial charge in [0.15, 0.2) is 5.76 Å². The lowest BCUT2D eigenvalue weighted by atomic mass is 10.2. The Balaban J connectivity index is 2.06. The van der Waals surface area contributed by atoms with Crippen molar-refractivity contribution in [3.63, 3.8) is 0 Å². The highest BCUT2D eigenvalue weighted by molar-refractivity contribution is 9.11. The van der Waals surface area contributed by atoms with E-state index in [1.54, 1.807) is 13.2 Å². The van der Waals surface area contributed by atoms with Gasteiger partial charge in [-0.25, -0.2) is 0 Å². The molecule has 0 aliphatic carbocycles. The summed E-state index contributed by atoms with van der Waals surface area (Å²) >= 11 is 6.94. The number of halogens is 2. The van der Waals surface area contributed by atoms with Gasteiger partial charge in [0.05, 0.1) is 8.95 Å². The van der Waals surface area contributed by atoms with Crippen molar-refractivity contribution in [2.24, 2.45) is 5.73 Å². The van der Waals surface area contributed by atoms with Crippen molar-refractivity contribution in [1.29, 1.82) is 0 Å². The van der Waals surface area contributed by atoms with Crippen molar-refractivity contribution in [3.05, 3.63) is 44.2 Å². The third kappa shape index (κ3) is 3.82. The largest absolute Gasteiger partial charge is 0.485 e. The Morgan fingerprint density at radius 3 is 2.50 bits per heavy atom. The topological polar surface area (TPSA) is 70.5 Å². The Hall–Kier alpha value is -0.890. The average Bonchev–Trinajstić information content (AvgIpc) is 2.85. The van der Waals surface area contributed by atoms with E-state index in [4.69, 9.17) is 19.7 Å². The second-order valence-electron chi connectivity index (χ2n) is 4.10. The minimum atomic E-state index is 0.312. The molecule has 20 heavy (non-hydrogen) atoms. The predicted molar refractivity (Wildman–Crippen MR) is 81.3 cm³/mol. The molecule has 0 fully saturated rings. The summed E-state index contributed by atoms with van der Waals surface area (Å²) in [5.41, 5.74) is 7.34. The third-order valence-corrected chi connectivity index (χ3v) is 3.73. The van der Waals surface area contributed by atoms with Crippen LogP contribution in [-0.4, -0.2) is 12.3 Å². The van der Waals surface area contributed by atoms with Gasteiger partial charge in [-0.2, -0.15) is 0 Å². The summed E-state index contributed by atoms with van der Waals surface area (Å²) in [4.78, 5) is 0. The SMILES string of the molecule is COCc1cc(COc2c(Br)cc(CN)cc2Br)no1. The third-order valence-electron chi connectivity index (χ3n) is 2.55. The van der Waals surface area contributed by atoms with Crippen LogP contribution in [0, 0.1) is 0 Å². The van der Waals surface area contributed by atoms with Crippen LogP contribution >= 0.6 is 31.9 Å². The number of nitrogens with two attached hydrogens (primary N) is 1. The lowest BCUT2D eigenvalue weighted by Crippen LogP contribution is -2.00. The second-order valence-corrected chi connectivity index (χ2v) is 5.81. The number of hydrogen-bond acceptors (Lipinski definition) is 5. The molecule has 0 saturated heterocycles. The standard InChI is InChI=1S/C13H14Br2N2O3/c1-18-7-10-4-9(17-20-10)6-19-13-11(14)2-8(5-16)3-12(13)15/h2-4H,5-7,16H2,1H3. The smallest absolute Gasteiger partial charge is 0.162 e. The average molecular weight is 406 g/mol. The first-order valence-corrected chi connectivity index (χ1v) is 7.46. The first-order valence-electron chi connectivity index (χ1n) is 5.88. The van der Waals surface area contributed by atoms with Crippen LogP contribution in [0.4, 0.5) is 0 Å². The van der Waals surface area contributed by atoms with E-state index in [1.807, 2.05) is 12.1 Å². The number of hydrogen-bond donors (Lipinski definition) is 1. The highest BCUT2D eigenvalue weighted by Crippen LogP contribution is 2.35. The zero-order chi connectivity index (χ0) is 14.5. The van der Waals surface area contributed by atoms with E-state index in [1.165, 1.54) is 0 Å². The van der Waals surface area contributed by atoms with Gasteiger partial charge in [-0.1, -0.05) is 5.16 Å². The molecule has 0 aliphatic rings. The summed E-state index contributed by atoms with van der Waals surface area (Å²) < 4.78 is 17.5. The molecule has 0 bridgehead atoms. The van der Waals surface area contributed by atoms with E-state index in [2.05, 4.69) is 37.0 Å². The number of ether oxygens (including phenoxy) is 2. The molecule has 108 valence electrons. The zero-order valence-electron chi connectivity index (χ0n) is 10.9. The molecule has 0 radical (unpaired) electrons. The van der Waals surface area contributed by atoms with Gasteiger partial charge in [-0.15, -0.1) is 0 Å². The molecule has 0 unspecified atom stereocenters. The Kier molecular flexibility index (Phi) is 5.59. The zero-order valence-corrected chi connectivity index (χ0v) is 14.0. The second kappa shape index (κ2) is 7.21. The fourth-order valence-corrected chi connectivity index (χ4v) is 3.16. The molecule has 0 amide bonds. The first kappa shape index (κ1) is 15.5. The van der Waals surface area contributed by atoms with Gasteiger partial charge >= 0.3 is 0 Å². The van der Waals surface area contributed by atoms with Crippen LogP contribution in [0.3, 0.4) is 0 Å². The number of methoxy groups -OCH3 is 1. The van der Waals surface area contributed by atoms with Gasteiger partial charge < -0.3 is 19.7 Å². The molecule has 7 heteroatoms. The van der Waals surface area contributed by atoms with Crippen molar-refractivity contribution < 1.29 is 14.0 Å². The summed E-state index contributed by atoms with van der Waals surface area (Å²) in [7, 11) is 1.60. The van der Waals surface area contributed by atoms with Crippen LogP contribution in [-0.2, 0) is 24.5 Å². The van der Waals surface area contributed by atoms with E-state index in [9.17, 15) is 0 Å². The van der Waals surface area contributed by atoms with Gasteiger partial charge in [0.25, 0.3) is 0 Å². The summed E-state index contributed by atoms with van der Waals surface area (Å²) in [6.07, 6.45) is 0. The van der Waals surface area contributed by atoms with Crippen LogP contribution in [0.15, 0.2) is 31.7 Å². The number of aromatic nitrogens is 1. The van der Waals surface area contributed by atoms with E-state index < -0.39 is 0 Å². The monoisotopic (exact) mass is 404 g/mol. The fraction of sp³-hybridized carbons (Fsp3) is 0.308. The number of rotatable bonds is 6. The molecule has 2 aromatic rings. The molecule has 0 aliphatic heterocycles. The van der Waals surface area contributed by atoms with E-state index >= 15 is 0 Å². The molecule has 5 nitrogen and oxygen atoms in total. The molecule has 2 rings (SSSR count). The molecule has 1 aromatic carbocycles. The Morgan fingerprint density at radius 1 is 1.20 bits per heavy atom. The summed E-state index contributed by atoms with van der Waals surface area (Å²) in [6.45, 7) is 1.18. The summed E-state index contributed by atoms with van der Waals surface area (Å²) in [5.74, 6) is 1.38. The van der Waals surface area contributed by atoms with Crippen molar-refractivity contribution in [3.8, 4) is 5.75 Å². The van der Waals surface area contributed by atoms with E-state index in [0.717, 1.165) is 14.5 Å². The molecule has 1 aromatic heterocycles. The van der Waals surface area contributed by atoms with E-state index in [-0.39, 0.29) is 0 Å². The van der Waals surface area contributed by atoms with Crippen LogP contribution < -0.4 is 10.5 Å². The molecule has 0 spiro atoms. The van der Waals surface area contributed by atoms with Gasteiger partial charge in [0.2, 0.25) is 0 Å². The highest BCUT2D eigenvalue weighted by atomic mass is 79.9. The molecule has 0 saturated carbocycles. The predicted octanol–water partition coefficient (Wildman–Crippen LogP) is 3.38. The van der Waals surface area contributed by atoms with E-state index in [0.29, 0.717) is 37.0 Å². The van der Waals surface area contributed by atoms with Crippen molar-refractivity contribution in [2.75, 3.05) is 7.11 Å². The van der Waals surface area contributed by atoms with Gasteiger partial charge in [-0.3, -0.25) is 0 Å². The summed E-state index contributed by atoms with van der Waals surface area (Å²) in [6, 6.07) is 5.66. The van der Waals surface area contributed by atoms with Crippen LogP contribution in [0.1, 0.15) is 17.0 Å². The van der Waals surface area contributed by atoms with Crippen molar-refractivity contribution in [2.45, 2.75) is 19.8 Å². The van der Waals surface area contributed by atoms with Gasteiger partial charge in [0.1, 0.15) is 24.7 Å². The lowest BCUT2D eigenvalue weighted by Gasteiger charge is -2.10. The van der Waals surface area contributed by atoms with Gasteiger partial charge in [-0.05, 0) is 49.6 Å². The fourth-order valence-electron chi connectivity index (χ4n) is 1.65. The van der Waals surface area contributed by atoms with Crippen LogP contribution in [0.25, 0.3) is 0 Å². The quantitative estimate of drug-likeness (QED) is 0.797. The maximum atomic E-state index is 5.75. The normalized spacial score (nSPS) is 10.8. The van der Waals surface area contributed by atoms with Crippen LogP contribution in [0.5, 0.6) is 5.75 Å². The Bertz CT molecular complexity index is 564. The van der Waals surface area contributed by atoms with Crippen molar-refractivity contribution in [1.82, 2.24) is 5.16 Å². The minimum Gasteiger partial charge on any atom is -0.485 e.